The SMILES string of the molecule is C=CC(=O)Nc1ccc(B2OC(C)(C)C(C)(C)O2)cc1.C=CC(=O)OCCCCOc1ccc(C(=O)Oc2ccc(B3OCCCO3)cc2)cc1.C=Cc1ccc(B2OC(C)(C)C(C)(C)O2)cc1. The molecule has 3 saturated heterocycles. The molecule has 0 bridgehead atoms. The molecule has 3 aliphatic heterocycles. The summed E-state index contributed by atoms with van der Waals surface area (Å²) in [5.41, 5.74) is 3.84. The molecular weight excluding hydrogens is 863 g/mol. The Kier molecular flexibility index (Phi) is 18.8. The monoisotopic (exact) mass is 927 g/mol. The summed E-state index contributed by atoms with van der Waals surface area (Å²) in [5.74, 6) is -0.00742. The van der Waals surface area contributed by atoms with Gasteiger partial charge in [-0.25, -0.2) is 9.59 Å². The van der Waals surface area contributed by atoms with Crippen LogP contribution in [0.5, 0.6) is 11.5 Å². The van der Waals surface area contributed by atoms with Gasteiger partial charge < -0.3 is 47.5 Å². The van der Waals surface area contributed by atoms with Crippen LogP contribution in [0.3, 0.4) is 0 Å². The van der Waals surface area contributed by atoms with Crippen molar-refractivity contribution < 1.29 is 56.5 Å². The minimum absolute atomic E-state index is 0.228. The predicted molar refractivity (Wildman–Crippen MR) is 269 cm³/mol. The van der Waals surface area contributed by atoms with Crippen molar-refractivity contribution in [2.45, 2.75) is 97.1 Å². The second-order valence-corrected chi connectivity index (χ2v) is 18.2. The zero-order valence-electron chi connectivity index (χ0n) is 40.7. The lowest BCUT2D eigenvalue weighted by Crippen LogP contribution is -2.41. The van der Waals surface area contributed by atoms with Crippen molar-refractivity contribution in [1.29, 1.82) is 0 Å². The highest BCUT2D eigenvalue weighted by atomic mass is 16.7. The first-order valence-corrected chi connectivity index (χ1v) is 22.8. The number of hydrogen-bond donors (Lipinski definition) is 1. The summed E-state index contributed by atoms with van der Waals surface area (Å²) < 4.78 is 51.0. The third-order valence-electron chi connectivity index (χ3n) is 12.1. The summed E-state index contributed by atoms with van der Waals surface area (Å²) in [7, 11) is -1.03. The number of unbranched alkanes of at least 4 members (excludes halogenated alkanes) is 1. The summed E-state index contributed by atoms with van der Waals surface area (Å²) in [5, 5.41) is 2.70. The predicted octanol–water partition coefficient (Wildman–Crippen LogP) is 7.67. The van der Waals surface area contributed by atoms with Gasteiger partial charge in [-0.3, -0.25) is 4.79 Å². The molecule has 0 radical (unpaired) electrons. The van der Waals surface area contributed by atoms with Gasteiger partial charge in [0.15, 0.2) is 0 Å². The number of carbonyl (C=O) groups is 3. The van der Waals surface area contributed by atoms with E-state index in [2.05, 4.69) is 52.7 Å². The first kappa shape index (κ1) is 53.2. The molecule has 0 spiro atoms. The average molecular weight is 928 g/mol. The number of ether oxygens (including phenoxy) is 3. The second-order valence-electron chi connectivity index (χ2n) is 18.2. The fraction of sp³-hybridized carbons (Fsp3) is 0.365. The van der Waals surface area contributed by atoms with Gasteiger partial charge in [0, 0.05) is 25.0 Å². The first-order chi connectivity index (χ1) is 32.3. The van der Waals surface area contributed by atoms with E-state index in [0.717, 1.165) is 46.6 Å². The maximum absolute atomic E-state index is 12.4. The lowest BCUT2D eigenvalue weighted by molar-refractivity contribution is -0.137. The lowest BCUT2D eigenvalue weighted by Gasteiger charge is -2.32. The Bertz CT molecular complexity index is 2280. The normalized spacial score (nSPS) is 17.3. The highest BCUT2D eigenvalue weighted by Gasteiger charge is 2.52. The van der Waals surface area contributed by atoms with Crippen LogP contribution in [0.1, 0.15) is 90.6 Å². The van der Waals surface area contributed by atoms with Gasteiger partial charge in [-0.15, -0.1) is 0 Å². The van der Waals surface area contributed by atoms with Crippen LogP contribution < -0.4 is 31.2 Å². The Labute approximate surface area is 402 Å². The van der Waals surface area contributed by atoms with Crippen LogP contribution in [0.2, 0.25) is 0 Å². The largest absolute Gasteiger partial charge is 0.494 e. The third kappa shape index (κ3) is 14.9. The molecule has 4 aromatic carbocycles. The van der Waals surface area contributed by atoms with E-state index in [0.29, 0.717) is 49.9 Å². The second kappa shape index (κ2) is 24.0. The molecule has 3 aliphatic rings. The van der Waals surface area contributed by atoms with E-state index in [1.54, 1.807) is 36.4 Å². The number of rotatable bonds is 15. The standard InChI is InChI=1S/C23H25BO7.C15H20BNO3.C14H19BO2/c1-2-22(25)28-15-4-3-14-27-20-10-6-18(7-11-20)23(26)31-21-12-8-19(9-13-21)24-29-16-5-17-30-24;1-6-13(18)17-12-9-7-11(8-10-12)16-19-14(2,3)15(4,5)20-16;1-6-11-7-9-12(10-8-11)15-16-13(2,3)14(4,5)17-15/h2,6-13H,1,3-5,14-17H2;6-10H,1H2,2-5H3,(H,17,18);6-10H,1H2,2-5H3. The van der Waals surface area contributed by atoms with Crippen LogP contribution in [0, 0.1) is 0 Å². The fourth-order valence-corrected chi connectivity index (χ4v) is 6.52. The summed E-state index contributed by atoms with van der Waals surface area (Å²) >= 11 is 0. The molecule has 0 aliphatic carbocycles. The van der Waals surface area contributed by atoms with Gasteiger partial charge in [0.1, 0.15) is 11.5 Å². The van der Waals surface area contributed by atoms with Crippen molar-refractivity contribution >= 4 is 67.4 Å². The van der Waals surface area contributed by atoms with Crippen LogP contribution in [-0.4, -0.2) is 88.0 Å². The van der Waals surface area contributed by atoms with E-state index in [1.807, 2.05) is 94.4 Å². The number of nitrogens with one attached hydrogen (secondary N) is 1. The molecular formula is C52H64B3NO12. The van der Waals surface area contributed by atoms with E-state index >= 15 is 0 Å². The van der Waals surface area contributed by atoms with Crippen LogP contribution in [0.4, 0.5) is 5.69 Å². The summed E-state index contributed by atoms with van der Waals surface area (Å²) in [6, 6.07) is 29.4. The minimum Gasteiger partial charge on any atom is -0.494 e. The van der Waals surface area contributed by atoms with E-state index in [1.165, 1.54) is 6.08 Å². The molecule has 0 saturated carbocycles. The number of hydrogen-bond acceptors (Lipinski definition) is 12. The van der Waals surface area contributed by atoms with E-state index in [9.17, 15) is 14.4 Å². The van der Waals surface area contributed by atoms with Crippen molar-refractivity contribution in [1.82, 2.24) is 0 Å². The summed E-state index contributed by atoms with van der Waals surface area (Å²) in [4.78, 5) is 34.5. The Morgan fingerprint density at radius 3 is 1.53 bits per heavy atom. The van der Waals surface area contributed by atoms with Gasteiger partial charge in [-0.2, -0.15) is 0 Å². The van der Waals surface area contributed by atoms with E-state index < -0.39 is 11.9 Å². The van der Waals surface area contributed by atoms with Gasteiger partial charge in [0.05, 0.1) is 41.2 Å². The molecule has 0 atom stereocenters. The minimum atomic E-state index is -0.450. The van der Waals surface area contributed by atoms with Crippen molar-refractivity contribution in [2.24, 2.45) is 0 Å². The van der Waals surface area contributed by atoms with Gasteiger partial charge in [-0.1, -0.05) is 74.3 Å². The Hall–Kier alpha value is -5.74. The average Bonchev–Trinajstić information content (AvgIpc) is 3.70. The lowest BCUT2D eigenvalue weighted by atomic mass is 9.78. The number of carbonyl (C=O) groups excluding carboxylic acids is 3. The topological polar surface area (TPSA) is 146 Å². The summed E-state index contributed by atoms with van der Waals surface area (Å²) in [6.07, 6.45) is 6.53. The van der Waals surface area contributed by atoms with Crippen molar-refractivity contribution in [3.05, 3.63) is 140 Å². The molecule has 3 fully saturated rings. The van der Waals surface area contributed by atoms with E-state index in [4.69, 9.17) is 42.1 Å². The third-order valence-corrected chi connectivity index (χ3v) is 12.1. The molecule has 3 heterocycles. The quantitative estimate of drug-likeness (QED) is 0.0411. The van der Waals surface area contributed by atoms with Crippen molar-refractivity contribution in [2.75, 3.05) is 31.7 Å². The molecule has 0 aromatic heterocycles. The molecule has 4 aromatic rings. The Morgan fingerprint density at radius 1 is 0.588 bits per heavy atom. The van der Waals surface area contributed by atoms with Gasteiger partial charge in [-0.05, 0) is 151 Å². The first-order valence-electron chi connectivity index (χ1n) is 22.8. The smallest absolute Gasteiger partial charge is 0.494 e. The Balaban J connectivity index is 0.000000202. The molecule has 1 N–H and O–H groups in total. The maximum atomic E-state index is 12.4. The number of esters is 2. The molecule has 13 nitrogen and oxygen atoms in total. The zero-order chi connectivity index (χ0) is 49.5. The number of benzene rings is 4. The molecule has 1 amide bonds. The van der Waals surface area contributed by atoms with Crippen LogP contribution in [-0.2, 0) is 42.3 Å². The maximum Gasteiger partial charge on any atom is 0.494 e. The number of anilines is 1. The van der Waals surface area contributed by atoms with Gasteiger partial charge >= 0.3 is 33.3 Å². The van der Waals surface area contributed by atoms with Crippen molar-refractivity contribution in [3.63, 3.8) is 0 Å². The van der Waals surface area contributed by atoms with Gasteiger partial charge in [0.25, 0.3) is 0 Å². The van der Waals surface area contributed by atoms with Gasteiger partial charge in [0.2, 0.25) is 5.91 Å². The fourth-order valence-electron chi connectivity index (χ4n) is 6.52. The molecule has 68 heavy (non-hydrogen) atoms. The Morgan fingerprint density at radius 2 is 1.04 bits per heavy atom. The van der Waals surface area contributed by atoms with Crippen LogP contribution in [0.15, 0.2) is 129 Å². The van der Waals surface area contributed by atoms with Crippen LogP contribution in [0.25, 0.3) is 6.08 Å². The summed E-state index contributed by atoms with van der Waals surface area (Å²) in [6.45, 7) is 29.0. The van der Waals surface area contributed by atoms with Crippen LogP contribution >= 0.6 is 0 Å². The molecule has 0 unspecified atom stereocenters. The van der Waals surface area contributed by atoms with Crippen molar-refractivity contribution in [3.8, 4) is 11.5 Å². The molecule has 358 valence electrons. The highest BCUT2D eigenvalue weighted by molar-refractivity contribution is 6.62. The number of amides is 1. The molecule has 16 heteroatoms. The molecule has 7 rings (SSSR count). The highest BCUT2D eigenvalue weighted by Crippen LogP contribution is 2.37. The zero-order valence-corrected chi connectivity index (χ0v) is 40.7. The van der Waals surface area contributed by atoms with E-state index in [-0.39, 0.29) is 49.7 Å².